The maximum atomic E-state index is 11.0. The van der Waals surface area contributed by atoms with Crippen molar-refractivity contribution >= 4 is 28.0 Å². The quantitative estimate of drug-likeness (QED) is 0.873. The average molecular weight is 316 g/mol. The van der Waals surface area contributed by atoms with Crippen LogP contribution in [0.4, 0.5) is 4.79 Å². The van der Waals surface area contributed by atoms with Gasteiger partial charge in [-0.2, -0.15) is 0 Å². The summed E-state index contributed by atoms with van der Waals surface area (Å²) >= 11 is 3.32. The van der Waals surface area contributed by atoms with Crippen molar-refractivity contribution in [2.24, 2.45) is 0 Å². The molecule has 5 nitrogen and oxygen atoms in total. The largest absolute Gasteiger partial charge is 0.480 e. The Morgan fingerprint density at radius 1 is 1.39 bits per heavy atom. The summed E-state index contributed by atoms with van der Waals surface area (Å²) in [6.45, 7) is 0. The van der Waals surface area contributed by atoms with E-state index in [2.05, 4.69) is 26.0 Å². The number of rotatable bonds is 5. The number of hydrogen-bond acceptors (Lipinski definition) is 3. The SMILES string of the molecule is COC(=O)NC(CCc1ccc(Br)cc1)C(=O)O. The number of nitrogens with one attached hydrogen (secondary N) is 1. The van der Waals surface area contributed by atoms with Crippen LogP contribution >= 0.6 is 15.9 Å². The summed E-state index contributed by atoms with van der Waals surface area (Å²) in [5, 5.41) is 11.2. The Hall–Kier alpha value is -1.56. The molecule has 0 aliphatic carbocycles. The molecular formula is C12H14BrNO4. The van der Waals surface area contributed by atoms with Gasteiger partial charge in [0.2, 0.25) is 0 Å². The minimum absolute atomic E-state index is 0.312. The van der Waals surface area contributed by atoms with E-state index in [-0.39, 0.29) is 0 Å². The molecule has 0 aromatic heterocycles. The second-order valence-corrected chi connectivity index (χ2v) is 4.61. The van der Waals surface area contributed by atoms with Crippen LogP contribution in [0.5, 0.6) is 0 Å². The van der Waals surface area contributed by atoms with E-state index in [1.165, 1.54) is 7.11 Å². The second-order valence-electron chi connectivity index (χ2n) is 3.69. The number of aryl methyl sites for hydroxylation is 1. The first-order chi connectivity index (χ1) is 8.52. The van der Waals surface area contributed by atoms with Gasteiger partial charge in [-0.05, 0) is 30.5 Å². The van der Waals surface area contributed by atoms with Crippen LogP contribution in [-0.4, -0.2) is 30.3 Å². The molecule has 0 saturated carbocycles. The van der Waals surface area contributed by atoms with E-state index in [0.717, 1.165) is 10.0 Å². The molecule has 6 heteroatoms. The molecule has 1 amide bonds. The number of carboxylic acid groups (broad SMARTS) is 1. The Morgan fingerprint density at radius 3 is 2.50 bits per heavy atom. The van der Waals surface area contributed by atoms with E-state index in [0.29, 0.717) is 12.8 Å². The van der Waals surface area contributed by atoms with E-state index in [9.17, 15) is 9.59 Å². The van der Waals surface area contributed by atoms with Crippen LogP contribution in [0.25, 0.3) is 0 Å². The maximum absolute atomic E-state index is 11.0. The molecule has 0 heterocycles. The molecule has 1 aromatic carbocycles. The predicted octanol–water partition coefficient (Wildman–Crippen LogP) is 2.19. The first-order valence-electron chi connectivity index (χ1n) is 5.34. The van der Waals surface area contributed by atoms with Gasteiger partial charge < -0.3 is 15.2 Å². The lowest BCUT2D eigenvalue weighted by molar-refractivity contribution is -0.139. The van der Waals surface area contributed by atoms with Crippen LogP contribution in [0.3, 0.4) is 0 Å². The third-order valence-electron chi connectivity index (χ3n) is 2.41. The van der Waals surface area contributed by atoms with Crippen LogP contribution in [0.2, 0.25) is 0 Å². The third kappa shape index (κ3) is 4.75. The van der Waals surface area contributed by atoms with Gasteiger partial charge in [0.1, 0.15) is 6.04 Å². The van der Waals surface area contributed by atoms with Crippen molar-refractivity contribution in [3.05, 3.63) is 34.3 Å². The molecule has 1 rings (SSSR count). The first kappa shape index (κ1) is 14.5. The van der Waals surface area contributed by atoms with Crippen molar-refractivity contribution in [3.8, 4) is 0 Å². The van der Waals surface area contributed by atoms with Crippen molar-refractivity contribution in [2.45, 2.75) is 18.9 Å². The molecule has 0 fully saturated rings. The first-order valence-corrected chi connectivity index (χ1v) is 6.14. The molecule has 1 unspecified atom stereocenters. The fourth-order valence-corrected chi connectivity index (χ4v) is 1.68. The number of alkyl carbamates (subject to hydrolysis) is 1. The lowest BCUT2D eigenvalue weighted by Crippen LogP contribution is -2.41. The minimum Gasteiger partial charge on any atom is -0.480 e. The number of ether oxygens (including phenoxy) is 1. The van der Waals surface area contributed by atoms with Gasteiger partial charge in [-0.3, -0.25) is 0 Å². The van der Waals surface area contributed by atoms with Crippen molar-refractivity contribution in [1.29, 1.82) is 0 Å². The molecule has 0 spiro atoms. The molecule has 18 heavy (non-hydrogen) atoms. The van der Waals surface area contributed by atoms with Crippen LogP contribution in [0, 0.1) is 0 Å². The summed E-state index contributed by atoms with van der Waals surface area (Å²) in [7, 11) is 1.20. The summed E-state index contributed by atoms with van der Waals surface area (Å²) in [6, 6.07) is 6.64. The zero-order valence-electron chi connectivity index (χ0n) is 9.85. The van der Waals surface area contributed by atoms with Gasteiger partial charge in [0.05, 0.1) is 7.11 Å². The molecule has 98 valence electrons. The van der Waals surface area contributed by atoms with E-state index in [4.69, 9.17) is 5.11 Å². The Kier molecular flexibility index (Phi) is 5.64. The Labute approximate surface area is 113 Å². The number of carbonyl (C=O) groups excluding carboxylic acids is 1. The molecular weight excluding hydrogens is 302 g/mol. The van der Waals surface area contributed by atoms with Gasteiger partial charge >= 0.3 is 12.1 Å². The monoisotopic (exact) mass is 315 g/mol. The molecule has 2 N–H and O–H groups in total. The van der Waals surface area contributed by atoms with Crippen LogP contribution in [-0.2, 0) is 16.0 Å². The van der Waals surface area contributed by atoms with Crippen LogP contribution in [0.15, 0.2) is 28.7 Å². The normalized spacial score (nSPS) is 11.7. The highest BCUT2D eigenvalue weighted by Gasteiger charge is 2.19. The third-order valence-corrected chi connectivity index (χ3v) is 2.94. The van der Waals surface area contributed by atoms with Gasteiger partial charge in [0.25, 0.3) is 0 Å². The highest BCUT2D eigenvalue weighted by molar-refractivity contribution is 9.10. The number of hydrogen-bond donors (Lipinski definition) is 2. The van der Waals surface area contributed by atoms with Crippen molar-refractivity contribution in [1.82, 2.24) is 5.32 Å². The van der Waals surface area contributed by atoms with E-state index in [1.807, 2.05) is 24.3 Å². The number of halogens is 1. The molecule has 1 aromatic rings. The van der Waals surface area contributed by atoms with E-state index < -0.39 is 18.1 Å². The summed E-state index contributed by atoms with van der Waals surface area (Å²) in [5.41, 5.74) is 1.01. The zero-order valence-corrected chi connectivity index (χ0v) is 11.4. The highest BCUT2D eigenvalue weighted by atomic mass is 79.9. The van der Waals surface area contributed by atoms with Gasteiger partial charge in [-0.25, -0.2) is 9.59 Å². The van der Waals surface area contributed by atoms with Crippen LogP contribution < -0.4 is 5.32 Å². The maximum Gasteiger partial charge on any atom is 0.407 e. The smallest absolute Gasteiger partial charge is 0.407 e. The summed E-state index contributed by atoms with van der Waals surface area (Å²) in [6.07, 6.45) is 0.138. The molecule has 0 saturated heterocycles. The molecule has 0 aliphatic rings. The number of amides is 1. The highest BCUT2D eigenvalue weighted by Crippen LogP contribution is 2.12. The standard InChI is InChI=1S/C12H14BrNO4/c1-18-12(17)14-10(11(15)16)7-4-8-2-5-9(13)6-3-8/h2-3,5-6,10H,4,7H2,1H3,(H,14,17)(H,15,16). The average Bonchev–Trinajstić information content (AvgIpc) is 2.35. The Bertz CT molecular complexity index is 419. The van der Waals surface area contributed by atoms with Crippen molar-refractivity contribution in [2.75, 3.05) is 7.11 Å². The second kappa shape index (κ2) is 7.00. The topological polar surface area (TPSA) is 75.6 Å². The predicted molar refractivity (Wildman–Crippen MR) is 69.4 cm³/mol. The van der Waals surface area contributed by atoms with Gasteiger partial charge in [0, 0.05) is 4.47 Å². The number of carbonyl (C=O) groups is 2. The van der Waals surface area contributed by atoms with Gasteiger partial charge in [0.15, 0.2) is 0 Å². The summed E-state index contributed by atoms with van der Waals surface area (Å²) < 4.78 is 5.35. The zero-order chi connectivity index (χ0) is 13.5. The fraction of sp³-hybridized carbons (Fsp3) is 0.333. The Balaban J connectivity index is 2.54. The fourth-order valence-electron chi connectivity index (χ4n) is 1.42. The number of aliphatic carboxylic acids is 1. The van der Waals surface area contributed by atoms with Crippen LogP contribution in [0.1, 0.15) is 12.0 Å². The lowest BCUT2D eigenvalue weighted by atomic mass is 10.1. The molecule has 0 radical (unpaired) electrons. The number of benzene rings is 1. The molecule has 1 atom stereocenters. The molecule has 0 aliphatic heterocycles. The minimum atomic E-state index is -1.07. The van der Waals surface area contributed by atoms with Gasteiger partial charge in [-0.1, -0.05) is 28.1 Å². The summed E-state index contributed by atoms with van der Waals surface area (Å²) in [4.78, 5) is 21.9. The lowest BCUT2D eigenvalue weighted by Gasteiger charge is -2.13. The Morgan fingerprint density at radius 2 is 2.00 bits per heavy atom. The van der Waals surface area contributed by atoms with Gasteiger partial charge in [-0.15, -0.1) is 0 Å². The summed E-state index contributed by atoms with van der Waals surface area (Å²) in [5.74, 6) is -1.07. The number of methoxy groups -OCH3 is 1. The van der Waals surface area contributed by atoms with Crippen molar-refractivity contribution < 1.29 is 19.4 Å². The van der Waals surface area contributed by atoms with Crippen molar-refractivity contribution in [3.63, 3.8) is 0 Å². The van der Waals surface area contributed by atoms with E-state index in [1.54, 1.807) is 0 Å². The number of carboxylic acids is 1. The van der Waals surface area contributed by atoms with E-state index >= 15 is 0 Å². The molecule has 0 bridgehead atoms.